The summed E-state index contributed by atoms with van der Waals surface area (Å²) >= 11 is 0. The lowest BCUT2D eigenvalue weighted by Crippen LogP contribution is -2.56. The molecule has 2 aromatic carbocycles. The van der Waals surface area contributed by atoms with Gasteiger partial charge in [0, 0.05) is 42.8 Å². The van der Waals surface area contributed by atoms with Gasteiger partial charge >= 0.3 is 0 Å². The molecule has 3 aromatic rings. The maximum atomic E-state index is 13.3. The van der Waals surface area contributed by atoms with Crippen LogP contribution in [0.1, 0.15) is 28.8 Å². The Balaban J connectivity index is 1.29. The summed E-state index contributed by atoms with van der Waals surface area (Å²) in [6, 6.07) is 13.9. The number of aromatic amines is 1. The normalized spacial score (nSPS) is 18.8. The molecule has 1 aromatic heterocycles. The number of hydrogen-bond donors (Lipinski definition) is 2. The number of benzene rings is 2. The Morgan fingerprint density at radius 1 is 1.18 bits per heavy atom. The van der Waals surface area contributed by atoms with E-state index in [-0.39, 0.29) is 18.2 Å². The average Bonchev–Trinajstić information content (AvgIpc) is 3.19. The highest BCUT2D eigenvalue weighted by atomic mass is 16.5. The van der Waals surface area contributed by atoms with Crippen molar-refractivity contribution in [2.24, 2.45) is 0 Å². The van der Waals surface area contributed by atoms with Gasteiger partial charge in [-0.05, 0) is 42.2 Å². The number of carbonyl (C=O) groups excluding carboxylic acids is 2. The van der Waals surface area contributed by atoms with Crippen molar-refractivity contribution in [3.63, 3.8) is 0 Å². The lowest BCUT2D eigenvalue weighted by Gasteiger charge is -2.36. The summed E-state index contributed by atoms with van der Waals surface area (Å²) in [7, 11) is 1.66. The summed E-state index contributed by atoms with van der Waals surface area (Å²) in [5.41, 5.74) is 5.70. The molecule has 3 heterocycles. The van der Waals surface area contributed by atoms with Crippen LogP contribution in [-0.4, -0.2) is 59.4 Å². The quantitative estimate of drug-likeness (QED) is 0.632. The molecule has 1 atom stereocenters. The van der Waals surface area contributed by atoms with Crippen LogP contribution in [0.4, 0.5) is 0 Å². The molecule has 0 bridgehead atoms. The maximum Gasteiger partial charge on any atom is 0.237 e. The number of para-hydroxylation sites is 1. The Kier molecular flexibility index (Phi) is 5.81. The standard InChI is InChI=1S/C26H30N4O3/c1-17-13-18(7-8-24(17)33-2)15-29-12-10-27-26(32)23(29)14-25(31)30-11-9-20-19-5-3-4-6-21(19)28-22(20)16-30/h3-8,13,23,28H,9-12,14-16H2,1-2H3,(H,27,32). The molecule has 0 radical (unpaired) electrons. The molecule has 1 fully saturated rings. The van der Waals surface area contributed by atoms with Gasteiger partial charge < -0.3 is 19.9 Å². The summed E-state index contributed by atoms with van der Waals surface area (Å²) < 4.78 is 5.36. The van der Waals surface area contributed by atoms with Gasteiger partial charge in [0.15, 0.2) is 0 Å². The van der Waals surface area contributed by atoms with Gasteiger partial charge in [-0.15, -0.1) is 0 Å². The fourth-order valence-corrected chi connectivity index (χ4v) is 5.15. The highest BCUT2D eigenvalue weighted by molar-refractivity contribution is 5.89. The SMILES string of the molecule is COc1ccc(CN2CCNC(=O)C2CC(=O)N2CCc3c([nH]c4ccccc34)C2)cc1C. The van der Waals surface area contributed by atoms with Crippen molar-refractivity contribution < 1.29 is 14.3 Å². The van der Waals surface area contributed by atoms with Crippen molar-refractivity contribution in [2.75, 3.05) is 26.7 Å². The zero-order valence-corrected chi connectivity index (χ0v) is 19.2. The second-order valence-corrected chi connectivity index (χ2v) is 8.98. The molecule has 2 aliphatic rings. The average molecular weight is 447 g/mol. The Morgan fingerprint density at radius 3 is 2.85 bits per heavy atom. The lowest BCUT2D eigenvalue weighted by molar-refractivity contribution is -0.139. The monoisotopic (exact) mass is 446 g/mol. The van der Waals surface area contributed by atoms with Gasteiger partial charge in [-0.25, -0.2) is 0 Å². The Bertz CT molecular complexity index is 1200. The first kappa shape index (κ1) is 21.5. The van der Waals surface area contributed by atoms with E-state index in [1.165, 1.54) is 10.9 Å². The highest BCUT2D eigenvalue weighted by Crippen LogP contribution is 2.28. The third kappa shape index (κ3) is 4.20. The van der Waals surface area contributed by atoms with E-state index < -0.39 is 6.04 Å². The minimum atomic E-state index is -0.460. The number of nitrogens with one attached hydrogen (secondary N) is 2. The largest absolute Gasteiger partial charge is 0.496 e. The van der Waals surface area contributed by atoms with E-state index in [0.29, 0.717) is 26.2 Å². The first-order valence-corrected chi connectivity index (χ1v) is 11.5. The zero-order chi connectivity index (χ0) is 22.9. The van der Waals surface area contributed by atoms with Gasteiger partial charge in [-0.1, -0.05) is 30.3 Å². The number of aryl methyl sites for hydroxylation is 1. The molecule has 0 aliphatic carbocycles. The molecule has 172 valence electrons. The lowest BCUT2D eigenvalue weighted by atomic mass is 10.0. The number of fused-ring (bicyclic) bond motifs is 3. The molecule has 5 rings (SSSR count). The molecule has 7 nitrogen and oxygen atoms in total. The molecule has 1 unspecified atom stereocenters. The van der Waals surface area contributed by atoms with Crippen molar-refractivity contribution in [1.29, 1.82) is 0 Å². The van der Waals surface area contributed by atoms with Crippen LogP contribution in [0.2, 0.25) is 0 Å². The van der Waals surface area contributed by atoms with Crippen molar-refractivity contribution >= 4 is 22.7 Å². The van der Waals surface area contributed by atoms with Crippen LogP contribution in [0.25, 0.3) is 10.9 Å². The van der Waals surface area contributed by atoms with E-state index in [1.54, 1.807) is 7.11 Å². The smallest absolute Gasteiger partial charge is 0.237 e. The third-order valence-corrected chi connectivity index (χ3v) is 6.89. The molecule has 2 N–H and O–H groups in total. The summed E-state index contributed by atoms with van der Waals surface area (Å²) in [4.78, 5) is 33.5. The first-order valence-electron chi connectivity index (χ1n) is 11.5. The van der Waals surface area contributed by atoms with Crippen LogP contribution in [0, 0.1) is 6.92 Å². The number of H-pyrrole nitrogens is 1. The molecule has 2 amide bonds. The van der Waals surface area contributed by atoms with Crippen LogP contribution < -0.4 is 10.1 Å². The van der Waals surface area contributed by atoms with Crippen molar-refractivity contribution in [3.8, 4) is 5.75 Å². The number of rotatable bonds is 5. The summed E-state index contributed by atoms with van der Waals surface area (Å²) in [5.74, 6) is 0.809. The van der Waals surface area contributed by atoms with E-state index >= 15 is 0 Å². The second-order valence-electron chi connectivity index (χ2n) is 8.98. The first-order chi connectivity index (χ1) is 16.0. The Hall–Kier alpha value is -3.32. The molecule has 7 heteroatoms. The number of amides is 2. The predicted molar refractivity (Wildman–Crippen MR) is 127 cm³/mol. The van der Waals surface area contributed by atoms with E-state index in [9.17, 15) is 9.59 Å². The number of methoxy groups -OCH3 is 1. The van der Waals surface area contributed by atoms with Crippen LogP contribution in [-0.2, 0) is 29.1 Å². The molecule has 1 saturated heterocycles. The maximum absolute atomic E-state index is 13.3. The number of ether oxygens (including phenoxy) is 1. The van der Waals surface area contributed by atoms with Gasteiger partial charge in [-0.3, -0.25) is 14.5 Å². The van der Waals surface area contributed by atoms with Crippen molar-refractivity contribution in [2.45, 2.75) is 38.9 Å². The number of carbonyl (C=O) groups is 2. The van der Waals surface area contributed by atoms with Crippen LogP contribution in [0.3, 0.4) is 0 Å². The minimum absolute atomic E-state index is 0.0252. The van der Waals surface area contributed by atoms with E-state index in [4.69, 9.17) is 4.74 Å². The van der Waals surface area contributed by atoms with E-state index in [2.05, 4.69) is 39.5 Å². The molecular weight excluding hydrogens is 416 g/mol. The van der Waals surface area contributed by atoms with Crippen molar-refractivity contribution in [1.82, 2.24) is 20.1 Å². The van der Waals surface area contributed by atoms with Crippen LogP contribution in [0.15, 0.2) is 42.5 Å². The molecule has 0 saturated carbocycles. The molecule has 2 aliphatic heterocycles. The van der Waals surface area contributed by atoms with Crippen LogP contribution >= 0.6 is 0 Å². The number of aromatic nitrogens is 1. The van der Waals surface area contributed by atoms with E-state index in [1.807, 2.05) is 30.0 Å². The van der Waals surface area contributed by atoms with Gasteiger partial charge in [0.25, 0.3) is 0 Å². The molecule has 0 spiro atoms. The van der Waals surface area contributed by atoms with Crippen molar-refractivity contribution in [3.05, 3.63) is 64.8 Å². The zero-order valence-electron chi connectivity index (χ0n) is 19.2. The van der Waals surface area contributed by atoms with Gasteiger partial charge in [-0.2, -0.15) is 0 Å². The molecular formula is C26H30N4O3. The fraction of sp³-hybridized carbons (Fsp3) is 0.385. The van der Waals surface area contributed by atoms with Gasteiger partial charge in [0.1, 0.15) is 5.75 Å². The summed E-state index contributed by atoms with van der Waals surface area (Å²) in [6.07, 6.45) is 1.02. The van der Waals surface area contributed by atoms with Gasteiger partial charge in [0.05, 0.1) is 26.1 Å². The van der Waals surface area contributed by atoms with E-state index in [0.717, 1.165) is 41.1 Å². The summed E-state index contributed by atoms with van der Waals surface area (Å²) in [6.45, 7) is 5.21. The fourth-order valence-electron chi connectivity index (χ4n) is 5.15. The predicted octanol–water partition coefficient (Wildman–Crippen LogP) is 2.76. The molecule has 33 heavy (non-hydrogen) atoms. The Labute approximate surface area is 193 Å². The second kappa shape index (κ2) is 8.90. The highest BCUT2D eigenvalue weighted by Gasteiger charge is 2.34. The minimum Gasteiger partial charge on any atom is -0.496 e. The number of hydrogen-bond acceptors (Lipinski definition) is 4. The Morgan fingerprint density at radius 2 is 2.03 bits per heavy atom. The number of nitrogens with zero attached hydrogens (tertiary/aromatic N) is 2. The van der Waals surface area contributed by atoms with Gasteiger partial charge in [0.2, 0.25) is 11.8 Å². The summed E-state index contributed by atoms with van der Waals surface area (Å²) in [5, 5.41) is 4.18. The number of piperazine rings is 1. The topological polar surface area (TPSA) is 77.7 Å². The van der Waals surface area contributed by atoms with Crippen LogP contribution in [0.5, 0.6) is 5.75 Å². The third-order valence-electron chi connectivity index (χ3n) is 6.89.